The van der Waals surface area contributed by atoms with Gasteiger partial charge in [-0.2, -0.15) is 0 Å². The molecule has 0 amide bonds. The lowest BCUT2D eigenvalue weighted by Crippen LogP contribution is -2.24. The molecule has 0 radical (unpaired) electrons. The molecule has 0 saturated heterocycles. The van der Waals surface area contributed by atoms with E-state index in [-0.39, 0.29) is 35.7 Å². The van der Waals surface area contributed by atoms with Crippen LogP contribution in [-0.2, 0) is 4.74 Å². The highest BCUT2D eigenvalue weighted by molar-refractivity contribution is 14.0. The molecule has 1 aliphatic rings. The number of nitrogens with zero attached hydrogens (tertiary/aromatic N) is 1. The number of alkyl halides is 3. The van der Waals surface area contributed by atoms with Crippen molar-refractivity contribution in [2.75, 3.05) is 18.5 Å². The van der Waals surface area contributed by atoms with E-state index >= 15 is 0 Å². The second kappa shape index (κ2) is 11.5. The molecule has 0 aromatic heterocycles. The van der Waals surface area contributed by atoms with Crippen molar-refractivity contribution in [3.63, 3.8) is 0 Å². The minimum absolute atomic E-state index is 0. The number of anilines is 1. The van der Waals surface area contributed by atoms with Gasteiger partial charge in [0, 0.05) is 5.69 Å². The average Bonchev–Trinajstić information content (AvgIpc) is 2.81. The van der Waals surface area contributed by atoms with Gasteiger partial charge < -0.3 is 20.5 Å². The second-order valence-electron chi connectivity index (χ2n) is 5.95. The van der Waals surface area contributed by atoms with Crippen LogP contribution in [-0.4, -0.2) is 31.6 Å². The zero-order valence-corrected chi connectivity index (χ0v) is 16.8. The lowest BCUT2D eigenvalue weighted by Gasteiger charge is -2.14. The van der Waals surface area contributed by atoms with E-state index in [2.05, 4.69) is 15.0 Å². The average molecular weight is 487 g/mol. The van der Waals surface area contributed by atoms with Crippen LogP contribution in [0.25, 0.3) is 0 Å². The molecule has 1 fully saturated rings. The van der Waals surface area contributed by atoms with Crippen LogP contribution in [0.5, 0.6) is 5.75 Å². The summed E-state index contributed by atoms with van der Waals surface area (Å²) in [5, 5.41) is 2.82. The third-order valence-corrected chi connectivity index (χ3v) is 3.89. The summed E-state index contributed by atoms with van der Waals surface area (Å²) < 4.78 is 45.9. The molecule has 2 rings (SSSR count). The highest BCUT2D eigenvalue weighted by Crippen LogP contribution is 2.24. The van der Waals surface area contributed by atoms with E-state index in [0.717, 1.165) is 12.8 Å². The Morgan fingerprint density at radius 3 is 2.31 bits per heavy atom. The lowest BCUT2D eigenvalue weighted by molar-refractivity contribution is -0.274. The van der Waals surface area contributed by atoms with Crippen molar-refractivity contribution >= 4 is 35.6 Å². The number of rotatable bonds is 6. The first-order chi connectivity index (χ1) is 11.9. The van der Waals surface area contributed by atoms with Crippen molar-refractivity contribution in [2.45, 2.75) is 51.0 Å². The number of guanidine groups is 1. The van der Waals surface area contributed by atoms with Crippen LogP contribution >= 0.6 is 24.0 Å². The Hall–Kier alpha value is -1.23. The predicted octanol–water partition coefficient (Wildman–Crippen LogP) is 4.67. The Bertz CT molecular complexity index is 545. The standard InChI is InChI=1S/C17H24F3N3O2.HI/c18-17(19,20)25-15-9-7-13(8-10-15)23-16(21)22-11-12-24-14-5-3-1-2-4-6-14;/h7-10,14H,1-6,11-12H2,(H3,21,22,23);1H. The van der Waals surface area contributed by atoms with Crippen molar-refractivity contribution in [1.29, 1.82) is 0 Å². The van der Waals surface area contributed by atoms with Gasteiger partial charge >= 0.3 is 6.36 Å². The SMILES string of the molecule is I.NC(=NCCOC1CCCCCC1)Nc1ccc(OC(F)(F)F)cc1. The fourth-order valence-electron chi connectivity index (χ4n) is 2.72. The van der Waals surface area contributed by atoms with E-state index in [1.165, 1.54) is 49.9 Å². The number of hydrogen-bond acceptors (Lipinski definition) is 3. The first-order valence-corrected chi connectivity index (χ1v) is 8.47. The molecule has 5 nitrogen and oxygen atoms in total. The predicted molar refractivity (Wildman–Crippen MR) is 106 cm³/mol. The molecule has 0 heterocycles. The number of nitrogens with two attached hydrogens (primary N) is 1. The van der Waals surface area contributed by atoms with Crippen molar-refractivity contribution in [3.05, 3.63) is 24.3 Å². The maximum atomic E-state index is 12.1. The Morgan fingerprint density at radius 2 is 1.73 bits per heavy atom. The third kappa shape index (κ3) is 9.46. The van der Waals surface area contributed by atoms with E-state index in [1.54, 1.807) is 0 Å². The maximum absolute atomic E-state index is 12.1. The molecule has 148 valence electrons. The quantitative estimate of drug-likeness (QED) is 0.201. The minimum atomic E-state index is -4.70. The van der Waals surface area contributed by atoms with Gasteiger partial charge in [-0.1, -0.05) is 25.7 Å². The van der Waals surface area contributed by atoms with Crippen LogP contribution in [0.15, 0.2) is 29.3 Å². The van der Waals surface area contributed by atoms with Crippen LogP contribution in [0.2, 0.25) is 0 Å². The molecule has 1 aromatic carbocycles. The molecule has 0 bridgehead atoms. The number of ether oxygens (including phenoxy) is 2. The van der Waals surface area contributed by atoms with Crippen LogP contribution in [0, 0.1) is 0 Å². The first-order valence-electron chi connectivity index (χ1n) is 8.47. The zero-order valence-electron chi connectivity index (χ0n) is 14.4. The zero-order chi connectivity index (χ0) is 18.1. The highest BCUT2D eigenvalue weighted by Gasteiger charge is 2.30. The molecule has 0 aliphatic heterocycles. The number of benzene rings is 1. The maximum Gasteiger partial charge on any atom is 0.573 e. The van der Waals surface area contributed by atoms with E-state index < -0.39 is 6.36 Å². The van der Waals surface area contributed by atoms with Gasteiger partial charge in [0.15, 0.2) is 5.96 Å². The lowest BCUT2D eigenvalue weighted by atomic mass is 10.1. The monoisotopic (exact) mass is 487 g/mol. The summed E-state index contributed by atoms with van der Waals surface area (Å²) in [5.74, 6) is -0.0979. The smallest absolute Gasteiger partial charge is 0.406 e. The fourth-order valence-corrected chi connectivity index (χ4v) is 2.72. The first kappa shape index (κ1) is 22.8. The molecule has 9 heteroatoms. The minimum Gasteiger partial charge on any atom is -0.406 e. The molecular formula is C17H25F3IN3O2. The molecule has 1 aromatic rings. The number of halogens is 4. The fraction of sp³-hybridized carbons (Fsp3) is 0.588. The Labute approximate surface area is 168 Å². The van der Waals surface area contributed by atoms with Gasteiger partial charge in [0.1, 0.15) is 5.75 Å². The third-order valence-electron chi connectivity index (χ3n) is 3.89. The molecule has 3 N–H and O–H groups in total. The molecule has 26 heavy (non-hydrogen) atoms. The Kier molecular flexibility index (Phi) is 10.1. The normalized spacial score (nSPS) is 16.5. The van der Waals surface area contributed by atoms with Crippen LogP contribution in [0.3, 0.4) is 0 Å². The number of hydrogen-bond donors (Lipinski definition) is 2. The Balaban J connectivity index is 0.00000338. The molecule has 1 saturated carbocycles. The van der Waals surface area contributed by atoms with Crippen LogP contribution < -0.4 is 15.8 Å². The molecular weight excluding hydrogens is 462 g/mol. The summed E-state index contributed by atoms with van der Waals surface area (Å²) in [6, 6.07) is 5.29. The Morgan fingerprint density at radius 1 is 1.12 bits per heavy atom. The molecule has 0 atom stereocenters. The van der Waals surface area contributed by atoms with E-state index in [0.29, 0.717) is 24.9 Å². The van der Waals surface area contributed by atoms with Gasteiger partial charge in [0.25, 0.3) is 0 Å². The summed E-state index contributed by atoms with van der Waals surface area (Å²) in [6.45, 7) is 0.940. The highest BCUT2D eigenvalue weighted by atomic mass is 127. The topological polar surface area (TPSA) is 68.9 Å². The van der Waals surface area contributed by atoms with E-state index in [1.807, 2.05) is 0 Å². The van der Waals surface area contributed by atoms with Crippen LogP contribution in [0.1, 0.15) is 38.5 Å². The summed E-state index contributed by atoms with van der Waals surface area (Å²) in [7, 11) is 0. The van der Waals surface area contributed by atoms with Crippen LogP contribution in [0.4, 0.5) is 18.9 Å². The molecule has 1 aliphatic carbocycles. The second-order valence-corrected chi connectivity index (χ2v) is 5.95. The van der Waals surface area contributed by atoms with E-state index in [9.17, 15) is 13.2 Å². The molecule has 0 spiro atoms. The summed E-state index contributed by atoms with van der Waals surface area (Å²) in [4.78, 5) is 4.16. The van der Waals surface area contributed by atoms with Gasteiger partial charge in [0.05, 0.1) is 19.3 Å². The van der Waals surface area contributed by atoms with Crippen molar-refractivity contribution in [2.24, 2.45) is 10.7 Å². The number of nitrogens with one attached hydrogen (secondary N) is 1. The summed E-state index contributed by atoms with van der Waals surface area (Å²) in [5.41, 5.74) is 6.29. The van der Waals surface area contributed by atoms with Crippen molar-refractivity contribution in [1.82, 2.24) is 0 Å². The largest absolute Gasteiger partial charge is 0.573 e. The molecule has 0 unspecified atom stereocenters. The van der Waals surface area contributed by atoms with E-state index in [4.69, 9.17) is 10.5 Å². The van der Waals surface area contributed by atoms with Gasteiger partial charge in [-0.25, -0.2) is 0 Å². The van der Waals surface area contributed by atoms with Gasteiger partial charge in [-0.3, -0.25) is 4.99 Å². The van der Waals surface area contributed by atoms with Gasteiger partial charge in [-0.15, -0.1) is 37.1 Å². The van der Waals surface area contributed by atoms with Gasteiger partial charge in [-0.05, 0) is 37.1 Å². The van der Waals surface area contributed by atoms with Gasteiger partial charge in [0.2, 0.25) is 0 Å². The summed E-state index contributed by atoms with van der Waals surface area (Å²) >= 11 is 0. The number of aliphatic imine (C=N–C) groups is 1. The van der Waals surface area contributed by atoms with Crippen molar-refractivity contribution in [3.8, 4) is 5.75 Å². The van der Waals surface area contributed by atoms with Crippen molar-refractivity contribution < 1.29 is 22.6 Å². The summed E-state index contributed by atoms with van der Waals surface area (Å²) in [6.07, 6.45) is 2.80.